The van der Waals surface area contributed by atoms with Gasteiger partial charge in [-0.05, 0) is 32.4 Å². The first-order chi connectivity index (χ1) is 6.97. The van der Waals surface area contributed by atoms with Gasteiger partial charge in [-0.2, -0.15) is 0 Å². The van der Waals surface area contributed by atoms with Crippen molar-refractivity contribution in [1.29, 1.82) is 0 Å². The number of carbonyl (C=O) groups excluding carboxylic acids is 1. The topological polar surface area (TPSA) is 29.1 Å². The van der Waals surface area contributed by atoms with E-state index in [2.05, 4.69) is 5.32 Å². The molecule has 0 radical (unpaired) electrons. The van der Waals surface area contributed by atoms with Gasteiger partial charge in [0.05, 0.1) is 0 Å². The summed E-state index contributed by atoms with van der Waals surface area (Å²) in [7, 11) is 0. The Hall–Kier alpha value is -1.57. The highest BCUT2D eigenvalue weighted by Crippen LogP contribution is 2.02. The zero-order valence-electron chi connectivity index (χ0n) is 9.45. The second-order valence-electron chi connectivity index (χ2n) is 4.48. The lowest BCUT2D eigenvalue weighted by Crippen LogP contribution is -2.39. The molecule has 0 saturated carbocycles. The number of benzene rings is 1. The standard InChI is InChI=1S/C13H17NO/c1-13(2,3)14-12(15)10-9-11-7-5-4-6-8-11/h4-10H,1-3H3,(H,14,15). The van der Waals surface area contributed by atoms with E-state index >= 15 is 0 Å². The molecule has 1 amide bonds. The molecule has 0 spiro atoms. The molecule has 0 aliphatic heterocycles. The van der Waals surface area contributed by atoms with Crippen molar-refractivity contribution in [3.05, 3.63) is 42.0 Å². The molecule has 80 valence electrons. The van der Waals surface area contributed by atoms with E-state index in [1.807, 2.05) is 51.1 Å². The predicted octanol–water partition coefficient (Wildman–Crippen LogP) is 2.61. The SMILES string of the molecule is CC(C)(C)NC(=O)C=Cc1ccccc1. The lowest BCUT2D eigenvalue weighted by molar-refractivity contribution is -0.117. The highest BCUT2D eigenvalue weighted by Gasteiger charge is 2.10. The maximum absolute atomic E-state index is 11.4. The first-order valence-corrected chi connectivity index (χ1v) is 5.03. The summed E-state index contributed by atoms with van der Waals surface area (Å²) in [5, 5.41) is 2.86. The molecule has 0 unspecified atom stereocenters. The van der Waals surface area contributed by atoms with Crippen LogP contribution in [0, 0.1) is 0 Å². The summed E-state index contributed by atoms with van der Waals surface area (Å²) in [6, 6.07) is 9.76. The zero-order valence-corrected chi connectivity index (χ0v) is 9.45. The maximum Gasteiger partial charge on any atom is 0.244 e. The number of amides is 1. The minimum absolute atomic E-state index is 0.0636. The van der Waals surface area contributed by atoms with Crippen molar-refractivity contribution in [3.63, 3.8) is 0 Å². The fourth-order valence-corrected chi connectivity index (χ4v) is 1.15. The molecule has 0 heterocycles. The summed E-state index contributed by atoms with van der Waals surface area (Å²) in [4.78, 5) is 11.4. The van der Waals surface area contributed by atoms with Crippen LogP contribution in [0.1, 0.15) is 26.3 Å². The Kier molecular flexibility index (Phi) is 3.67. The van der Waals surface area contributed by atoms with Gasteiger partial charge >= 0.3 is 0 Å². The molecular weight excluding hydrogens is 186 g/mol. The fraction of sp³-hybridized carbons (Fsp3) is 0.308. The Labute approximate surface area is 91.0 Å². The average Bonchev–Trinajstić information content (AvgIpc) is 2.14. The molecule has 0 fully saturated rings. The van der Waals surface area contributed by atoms with Gasteiger partial charge in [0, 0.05) is 11.6 Å². The molecule has 1 aromatic rings. The van der Waals surface area contributed by atoms with Crippen molar-refractivity contribution < 1.29 is 4.79 Å². The van der Waals surface area contributed by atoms with Crippen LogP contribution in [0.15, 0.2) is 36.4 Å². The number of carbonyl (C=O) groups is 1. The first-order valence-electron chi connectivity index (χ1n) is 5.03. The summed E-state index contributed by atoms with van der Waals surface area (Å²) in [5.41, 5.74) is 0.847. The lowest BCUT2D eigenvalue weighted by atomic mass is 10.1. The quantitative estimate of drug-likeness (QED) is 0.735. The van der Waals surface area contributed by atoms with Gasteiger partial charge < -0.3 is 5.32 Å². The summed E-state index contributed by atoms with van der Waals surface area (Å²) < 4.78 is 0. The van der Waals surface area contributed by atoms with Crippen molar-refractivity contribution in [3.8, 4) is 0 Å². The third kappa shape index (κ3) is 5.01. The highest BCUT2D eigenvalue weighted by atomic mass is 16.1. The van der Waals surface area contributed by atoms with E-state index in [0.717, 1.165) is 5.56 Å². The van der Waals surface area contributed by atoms with Crippen LogP contribution in [-0.4, -0.2) is 11.4 Å². The second-order valence-corrected chi connectivity index (χ2v) is 4.48. The third-order valence-corrected chi connectivity index (χ3v) is 1.72. The van der Waals surface area contributed by atoms with Gasteiger partial charge in [0.25, 0.3) is 0 Å². The van der Waals surface area contributed by atoms with Crippen molar-refractivity contribution in [2.24, 2.45) is 0 Å². The van der Waals surface area contributed by atoms with Crippen molar-refractivity contribution >= 4 is 12.0 Å². The number of nitrogens with one attached hydrogen (secondary N) is 1. The summed E-state index contributed by atoms with van der Waals surface area (Å²) in [6.45, 7) is 5.88. The molecule has 2 nitrogen and oxygen atoms in total. The van der Waals surface area contributed by atoms with E-state index in [0.29, 0.717) is 0 Å². The number of hydrogen-bond donors (Lipinski definition) is 1. The smallest absolute Gasteiger partial charge is 0.244 e. The molecule has 0 aliphatic rings. The maximum atomic E-state index is 11.4. The van der Waals surface area contributed by atoms with E-state index < -0.39 is 0 Å². The van der Waals surface area contributed by atoms with E-state index in [-0.39, 0.29) is 11.4 Å². The fourth-order valence-electron chi connectivity index (χ4n) is 1.15. The summed E-state index contributed by atoms with van der Waals surface area (Å²) in [5.74, 6) is -0.0636. The Morgan fingerprint density at radius 2 is 1.80 bits per heavy atom. The molecule has 0 atom stereocenters. The minimum Gasteiger partial charge on any atom is -0.348 e. The van der Waals surface area contributed by atoms with Gasteiger partial charge in [-0.3, -0.25) is 4.79 Å². The van der Waals surface area contributed by atoms with Crippen molar-refractivity contribution in [1.82, 2.24) is 5.32 Å². The molecule has 1 aromatic carbocycles. The Bertz CT molecular complexity index is 347. The van der Waals surface area contributed by atoms with E-state index in [4.69, 9.17) is 0 Å². The van der Waals surface area contributed by atoms with E-state index in [9.17, 15) is 4.79 Å². The molecule has 0 aromatic heterocycles. The third-order valence-electron chi connectivity index (χ3n) is 1.72. The van der Waals surface area contributed by atoms with Gasteiger partial charge in [0.15, 0.2) is 0 Å². The second kappa shape index (κ2) is 4.78. The van der Waals surface area contributed by atoms with Crippen LogP contribution < -0.4 is 5.32 Å². The van der Waals surface area contributed by atoms with Gasteiger partial charge in [0.1, 0.15) is 0 Å². The molecule has 1 N–H and O–H groups in total. The zero-order chi connectivity index (χ0) is 11.3. The van der Waals surface area contributed by atoms with E-state index in [1.165, 1.54) is 0 Å². The molecular formula is C13H17NO. The summed E-state index contributed by atoms with van der Waals surface area (Å²) >= 11 is 0. The van der Waals surface area contributed by atoms with Crippen LogP contribution in [0.4, 0.5) is 0 Å². The van der Waals surface area contributed by atoms with Crippen LogP contribution in [0.25, 0.3) is 6.08 Å². The number of hydrogen-bond acceptors (Lipinski definition) is 1. The molecule has 0 aliphatic carbocycles. The van der Waals surface area contributed by atoms with Crippen LogP contribution in [0.5, 0.6) is 0 Å². The normalized spacial score (nSPS) is 11.7. The van der Waals surface area contributed by atoms with Crippen LogP contribution in [0.2, 0.25) is 0 Å². The van der Waals surface area contributed by atoms with Gasteiger partial charge in [-0.25, -0.2) is 0 Å². The van der Waals surface area contributed by atoms with Crippen molar-refractivity contribution in [2.75, 3.05) is 0 Å². The minimum atomic E-state index is -0.182. The highest BCUT2D eigenvalue weighted by molar-refractivity contribution is 5.92. The number of rotatable bonds is 2. The molecule has 15 heavy (non-hydrogen) atoms. The Morgan fingerprint density at radius 3 is 2.33 bits per heavy atom. The monoisotopic (exact) mass is 203 g/mol. The van der Waals surface area contributed by atoms with Gasteiger partial charge in [-0.15, -0.1) is 0 Å². The largest absolute Gasteiger partial charge is 0.348 e. The van der Waals surface area contributed by atoms with Crippen LogP contribution in [0.3, 0.4) is 0 Å². The van der Waals surface area contributed by atoms with E-state index in [1.54, 1.807) is 12.2 Å². The van der Waals surface area contributed by atoms with Crippen LogP contribution >= 0.6 is 0 Å². The van der Waals surface area contributed by atoms with Gasteiger partial charge in [0.2, 0.25) is 5.91 Å². The van der Waals surface area contributed by atoms with Crippen molar-refractivity contribution in [2.45, 2.75) is 26.3 Å². The predicted molar refractivity (Wildman–Crippen MR) is 63.4 cm³/mol. The molecule has 0 bridgehead atoms. The first kappa shape index (κ1) is 11.5. The Balaban J connectivity index is 2.56. The average molecular weight is 203 g/mol. The molecule has 2 heteroatoms. The van der Waals surface area contributed by atoms with Crippen LogP contribution in [-0.2, 0) is 4.79 Å². The molecule has 0 saturated heterocycles. The summed E-state index contributed by atoms with van der Waals surface area (Å²) in [6.07, 6.45) is 3.36. The van der Waals surface area contributed by atoms with Gasteiger partial charge in [-0.1, -0.05) is 30.3 Å². The molecule has 1 rings (SSSR count). The Morgan fingerprint density at radius 1 is 1.20 bits per heavy atom. The lowest BCUT2D eigenvalue weighted by Gasteiger charge is -2.18.